The van der Waals surface area contributed by atoms with Crippen molar-refractivity contribution in [1.82, 2.24) is 15.5 Å². The normalized spacial score (nSPS) is 16.5. The van der Waals surface area contributed by atoms with Gasteiger partial charge < -0.3 is 30.6 Å². The van der Waals surface area contributed by atoms with Gasteiger partial charge in [0.1, 0.15) is 11.8 Å². The van der Waals surface area contributed by atoms with Crippen LogP contribution in [-0.4, -0.2) is 87.1 Å². The predicted octanol–water partition coefficient (Wildman–Crippen LogP) is 0.554. The third-order valence-corrected chi connectivity index (χ3v) is 6.43. The van der Waals surface area contributed by atoms with Gasteiger partial charge >= 0.3 is 0 Å². The number of nitrogens with zero attached hydrogens (tertiary/aromatic N) is 1. The van der Waals surface area contributed by atoms with Gasteiger partial charge in [0.05, 0.1) is 50.4 Å². The molecule has 0 bridgehead atoms. The summed E-state index contributed by atoms with van der Waals surface area (Å²) in [5.74, 6) is -2.04. The molecule has 1 fully saturated rings. The first-order valence-electron chi connectivity index (χ1n) is 12.8. The Labute approximate surface area is 230 Å². The highest BCUT2D eigenvalue weighted by atomic mass is 16.5. The second-order valence-electron chi connectivity index (χ2n) is 9.04. The molecule has 2 heterocycles. The number of rotatable bonds is 13. The molecule has 2 aliphatic heterocycles. The Morgan fingerprint density at radius 1 is 1.02 bits per heavy atom. The average Bonchev–Trinajstić information content (AvgIpc) is 3.20. The van der Waals surface area contributed by atoms with Crippen molar-refractivity contribution in [2.75, 3.05) is 57.7 Å². The maximum atomic E-state index is 13.1. The van der Waals surface area contributed by atoms with Crippen LogP contribution in [0, 0.1) is 0 Å². The molecule has 4 rings (SSSR count). The molecule has 0 aliphatic carbocycles. The van der Waals surface area contributed by atoms with E-state index >= 15 is 0 Å². The summed E-state index contributed by atoms with van der Waals surface area (Å²) in [7, 11) is 1.48. The first kappa shape index (κ1) is 28.5. The van der Waals surface area contributed by atoms with E-state index in [9.17, 15) is 24.0 Å². The molecular formula is C27H31N5O8. The lowest BCUT2D eigenvalue weighted by molar-refractivity contribution is -0.136. The van der Waals surface area contributed by atoms with E-state index in [-0.39, 0.29) is 29.9 Å². The lowest BCUT2D eigenvalue weighted by Gasteiger charge is -2.27. The third-order valence-electron chi connectivity index (χ3n) is 6.43. The van der Waals surface area contributed by atoms with Crippen LogP contribution in [0.5, 0.6) is 5.75 Å². The zero-order valence-corrected chi connectivity index (χ0v) is 22.0. The summed E-state index contributed by atoms with van der Waals surface area (Å²) in [5, 5.41) is 8.04. The van der Waals surface area contributed by atoms with Gasteiger partial charge in [-0.2, -0.15) is 0 Å². The average molecular weight is 554 g/mol. The number of benzene rings is 2. The van der Waals surface area contributed by atoms with Crippen LogP contribution in [-0.2, 0) is 19.1 Å². The molecule has 13 heteroatoms. The third kappa shape index (κ3) is 6.38. The minimum absolute atomic E-state index is 0.0594. The van der Waals surface area contributed by atoms with Gasteiger partial charge in [-0.25, -0.2) is 0 Å². The van der Waals surface area contributed by atoms with Gasteiger partial charge in [0.15, 0.2) is 0 Å². The van der Waals surface area contributed by atoms with Crippen LogP contribution in [0.4, 0.5) is 11.4 Å². The number of carbonyl (C=O) groups excluding carboxylic acids is 5. The van der Waals surface area contributed by atoms with Gasteiger partial charge in [-0.1, -0.05) is 6.07 Å². The molecule has 1 atom stereocenters. The summed E-state index contributed by atoms with van der Waals surface area (Å²) in [4.78, 5) is 62.8. The van der Waals surface area contributed by atoms with Crippen molar-refractivity contribution in [2.24, 2.45) is 0 Å². The van der Waals surface area contributed by atoms with Crippen LogP contribution >= 0.6 is 0 Å². The predicted molar refractivity (Wildman–Crippen MR) is 143 cm³/mol. The Bertz CT molecular complexity index is 1310. The van der Waals surface area contributed by atoms with Crippen LogP contribution in [0.15, 0.2) is 36.4 Å². The van der Waals surface area contributed by atoms with Crippen LogP contribution in [0.1, 0.15) is 43.9 Å². The van der Waals surface area contributed by atoms with Crippen molar-refractivity contribution in [3.8, 4) is 5.75 Å². The minimum Gasteiger partial charge on any atom is -0.495 e. The molecule has 5 amide bonds. The zero-order valence-electron chi connectivity index (χ0n) is 22.0. The van der Waals surface area contributed by atoms with Crippen molar-refractivity contribution in [1.29, 1.82) is 0 Å². The minimum atomic E-state index is -1.02. The van der Waals surface area contributed by atoms with E-state index in [2.05, 4.69) is 16.0 Å². The Hall–Kier alpha value is -4.49. The monoisotopic (exact) mass is 553 g/mol. The fourth-order valence-electron chi connectivity index (χ4n) is 4.43. The molecule has 212 valence electrons. The van der Waals surface area contributed by atoms with Gasteiger partial charge in [0, 0.05) is 30.8 Å². The molecular weight excluding hydrogens is 522 g/mol. The Morgan fingerprint density at radius 3 is 2.50 bits per heavy atom. The number of hydrogen-bond acceptors (Lipinski definition) is 10. The largest absolute Gasteiger partial charge is 0.495 e. The molecule has 0 aromatic heterocycles. The Morgan fingerprint density at radius 2 is 1.77 bits per heavy atom. The van der Waals surface area contributed by atoms with Crippen LogP contribution in [0.2, 0.25) is 0 Å². The lowest BCUT2D eigenvalue weighted by atomic mass is 10.0. The number of methoxy groups -OCH3 is 1. The maximum Gasteiger partial charge on any atom is 0.264 e. The summed E-state index contributed by atoms with van der Waals surface area (Å²) in [6.45, 7) is 1.92. The number of piperidine rings is 1. The molecule has 0 radical (unpaired) electrons. The standard InChI is InChI=1S/C27H31N5O8/c1-38-21-15-16(5-6-18(21)28)24(34)30-10-12-40-14-13-39-11-9-29-19-4-2-3-17-23(19)27(37)32(26(17)36)20-7-8-22(33)31-25(20)35/h2-6,15,20,29H,7-14,28H2,1H3,(H,30,34)(H,31,33,35). The summed E-state index contributed by atoms with van der Waals surface area (Å²) < 4.78 is 16.1. The van der Waals surface area contributed by atoms with Crippen molar-refractivity contribution in [2.45, 2.75) is 18.9 Å². The van der Waals surface area contributed by atoms with Crippen LogP contribution in [0.3, 0.4) is 0 Å². The topological polar surface area (TPSA) is 178 Å². The molecule has 0 spiro atoms. The van der Waals surface area contributed by atoms with E-state index in [1.165, 1.54) is 13.2 Å². The van der Waals surface area contributed by atoms with E-state index < -0.39 is 29.7 Å². The number of fused-ring (bicyclic) bond motifs is 1. The summed E-state index contributed by atoms with van der Waals surface area (Å²) in [5.41, 5.74) is 7.50. The second kappa shape index (κ2) is 13.0. The molecule has 1 saturated heterocycles. The number of ether oxygens (including phenoxy) is 3. The fourth-order valence-corrected chi connectivity index (χ4v) is 4.43. The SMILES string of the molecule is COc1cc(C(=O)NCCOCCOCCNc2cccc3c2C(=O)N(C2CCC(=O)NC2=O)C3=O)ccc1N. The lowest BCUT2D eigenvalue weighted by Crippen LogP contribution is -2.54. The van der Waals surface area contributed by atoms with Gasteiger partial charge in [0.25, 0.3) is 17.7 Å². The molecule has 0 saturated carbocycles. The number of imide groups is 2. The first-order chi connectivity index (χ1) is 19.3. The van der Waals surface area contributed by atoms with Crippen LogP contribution in [0.25, 0.3) is 0 Å². The Kier molecular flexibility index (Phi) is 9.30. The number of amides is 5. The summed E-state index contributed by atoms with van der Waals surface area (Å²) in [6.07, 6.45) is 0.156. The fraction of sp³-hybridized carbons (Fsp3) is 0.370. The number of nitrogens with one attached hydrogen (secondary N) is 3. The molecule has 5 N–H and O–H groups in total. The molecule has 2 aromatic rings. The molecule has 2 aromatic carbocycles. The highest BCUT2D eigenvalue weighted by Gasteiger charge is 2.45. The highest BCUT2D eigenvalue weighted by Crippen LogP contribution is 2.32. The highest BCUT2D eigenvalue weighted by molar-refractivity contribution is 6.25. The number of anilines is 2. The summed E-state index contributed by atoms with van der Waals surface area (Å²) >= 11 is 0. The van der Waals surface area contributed by atoms with Crippen LogP contribution < -0.4 is 26.4 Å². The van der Waals surface area contributed by atoms with Crippen molar-refractivity contribution >= 4 is 40.9 Å². The van der Waals surface area contributed by atoms with Crippen molar-refractivity contribution < 1.29 is 38.2 Å². The van der Waals surface area contributed by atoms with E-state index in [0.717, 1.165) is 4.90 Å². The second-order valence-corrected chi connectivity index (χ2v) is 9.04. The number of nitrogens with two attached hydrogens (primary N) is 1. The van der Waals surface area contributed by atoms with E-state index in [4.69, 9.17) is 19.9 Å². The number of hydrogen-bond donors (Lipinski definition) is 4. The number of carbonyl (C=O) groups is 5. The van der Waals surface area contributed by atoms with E-state index in [1.807, 2.05) is 0 Å². The van der Waals surface area contributed by atoms with E-state index in [1.54, 1.807) is 30.3 Å². The van der Waals surface area contributed by atoms with Gasteiger partial charge in [-0.05, 0) is 36.8 Å². The Balaban J connectivity index is 1.14. The van der Waals surface area contributed by atoms with Gasteiger partial charge in [-0.15, -0.1) is 0 Å². The summed E-state index contributed by atoms with van der Waals surface area (Å²) in [6, 6.07) is 8.63. The van der Waals surface area contributed by atoms with Gasteiger partial charge in [-0.3, -0.25) is 34.2 Å². The zero-order chi connectivity index (χ0) is 28.6. The van der Waals surface area contributed by atoms with Crippen molar-refractivity contribution in [3.63, 3.8) is 0 Å². The van der Waals surface area contributed by atoms with Crippen molar-refractivity contribution in [3.05, 3.63) is 53.1 Å². The van der Waals surface area contributed by atoms with E-state index in [0.29, 0.717) is 62.2 Å². The molecule has 1 unspecified atom stereocenters. The molecule has 13 nitrogen and oxygen atoms in total. The smallest absolute Gasteiger partial charge is 0.264 e. The quantitative estimate of drug-likeness (QED) is 0.156. The molecule has 40 heavy (non-hydrogen) atoms. The first-order valence-corrected chi connectivity index (χ1v) is 12.8. The number of nitrogen functional groups attached to an aromatic ring is 1. The molecule has 2 aliphatic rings. The maximum absolute atomic E-state index is 13.1. The van der Waals surface area contributed by atoms with Gasteiger partial charge in [0.2, 0.25) is 11.8 Å².